The van der Waals surface area contributed by atoms with Crippen LogP contribution in [0.3, 0.4) is 0 Å². The Morgan fingerprint density at radius 3 is 2.46 bits per heavy atom. The number of carbonyl (C=O) groups excluding carboxylic acids is 2. The van der Waals surface area contributed by atoms with Crippen LogP contribution in [0.25, 0.3) is 0 Å². The highest BCUT2D eigenvalue weighted by Crippen LogP contribution is 2.33. The number of amides is 2. The van der Waals surface area contributed by atoms with Gasteiger partial charge in [0, 0.05) is 22.7 Å². The van der Waals surface area contributed by atoms with E-state index in [1.165, 1.54) is 24.1 Å². The van der Waals surface area contributed by atoms with Crippen molar-refractivity contribution in [3.8, 4) is 11.5 Å². The van der Waals surface area contributed by atoms with Gasteiger partial charge < -0.3 is 15.2 Å². The number of phenols is 1. The lowest BCUT2D eigenvalue weighted by Gasteiger charge is -2.26. The Labute approximate surface area is 241 Å². The zero-order valence-corrected chi connectivity index (χ0v) is 23.4. The SMILES string of the molecule is CONC(=O)c1ccc(CNC(=O)CC2N=C(c3ccc(Cl)cc3)c3cc(OC)ccc3N(C(C)=N)C2=N)cc1O. The summed E-state index contributed by atoms with van der Waals surface area (Å²) in [5, 5.41) is 31.0. The first-order valence-corrected chi connectivity index (χ1v) is 12.9. The molecule has 0 saturated carbocycles. The van der Waals surface area contributed by atoms with Gasteiger partial charge >= 0.3 is 0 Å². The molecule has 0 radical (unpaired) electrons. The number of halogens is 1. The van der Waals surface area contributed by atoms with E-state index in [4.69, 9.17) is 32.1 Å². The number of methoxy groups -OCH3 is 1. The zero-order valence-electron chi connectivity index (χ0n) is 22.6. The summed E-state index contributed by atoms with van der Waals surface area (Å²) in [6.45, 7) is 1.63. The Balaban J connectivity index is 1.63. The summed E-state index contributed by atoms with van der Waals surface area (Å²) in [6.07, 6.45) is -0.175. The minimum absolute atomic E-state index is 0.0243. The van der Waals surface area contributed by atoms with Gasteiger partial charge in [0.2, 0.25) is 5.91 Å². The Kier molecular flexibility index (Phi) is 9.00. The van der Waals surface area contributed by atoms with Gasteiger partial charge in [0.1, 0.15) is 29.2 Å². The van der Waals surface area contributed by atoms with Gasteiger partial charge in [-0.3, -0.25) is 35.1 Å². The van der Waals surface area contributed by atoms with Crippen LogP contribution < -0.4 is 20.4 Å². The van der Waals surface area contributed by atoms with Gasteiger partial charge in [-0.1, -0.05) is 29.8 Å². The van der Waals surface area contributed by atoms with Gasteiger partial charge in [0.05, 0.1) is 37.6 Å². The molecule has 5 N–H and O–H groups in total. The molecule has 0 bridgehead atoms. The molecule has 1 aliphatic rings. The van der Waals surface area contributed by atoms with Crippen molar-refractivity contribution in [2.75, 3.05) is 19.1 Å². The smallest absolute Gasteiger partial charge is 0.278 e. The lowest BCUT2D eigenvalue weighted by Crippen LogP contribution is -2.42. The van der Waals surface area contributed by atoms with Crippen LogP contribution in [0, 0.1) is 10.8 Å². The number of amidine groups is 2. The van der Waals surface area contributed by atoms with E-state index in [0.29, 0.717) is 33.3 Å². The average molecular weight is 577 g/mol. The van der Waals surface area contributed by atoms with E-state index in [1.54, 1.807) is 62.6 Å². The van der Waals surface area contributed by atoms with Gasteiger partial charge in [0.15, 0.2) is 0 Å². The average Bonchev–Trinajstić information content (AvgIpc) is 3.06. The fourth-order valence-corrected chi connectivity index (χ4v) is 4.53. The van der Waals surface area contributed by atoms with Crippen molar-refractivity contribution in [3.63, 3.8) is 0 Å². The third-order valence-electron chi connectivity index (χ3n) is 6.36. The molecule has 1 aliphatic heterocycles. The highest BCUT2D eigenvalue weighted by Gasteiger charge is 2.32. The number of fused-ring (bicyclic) bond motifs is 1. The Hall–Kier alpha value is -4.74. The molecule has 2 amide bonds. The van der Waals surface area contributed by atoms with Crippen LogP contribution in [-0.4, -0.2) is 54.6 Å². The maximum atomic E-state index is 13.1. The summed E-state index contributed by atoms with van der Waals surface area (Å²) in [5.74, 6) is -0.636. The number of phenolic OH excluding ortho intramolecular Hbond substituents is 1. The van der Waals surface area contributed by atoms with Crippen molar-refractivity contribution in [1.29, 1.82) is 10.8 Å². The molecule has 0 saturated heterocycles. The molecule has 3 aromatic carbocycles. The lowest BCUT2D eigenvalue weighted by atomic mass is 9.99. The number of aromatic hydroxyl groups is 1. The molecule has 0 aliphatic carbocycles. The first kappa shape index (κ1) is 29.2. The molecule has 4 rings (SSSR count). The Morgan fingerprint density at radius 2 is 1.83 bits per heavy atom. The van der Waals surface area contributed by atoms with E-state index in [9.17, 15) is 14.7 Å². The van der Waals surface area contributed by atoms with E-state index >= 15 is 0 Å². The zero-order chi connectivity index (χ0) is 29.7. The first-order valence-electron chi connectivity index (χ1n) is 12.5. The minimum atomic E-state index is -0.923. The summed E-state index contributed by atoms with van der Waals surface area (Å²) >= 11 is 6.13. The van der Waals surface area contributed by atoms with E-state index < -0.39 is 17.9 Å². The van der Waals surface area contributed by atoms with Crippen LogP contribution in [-0.2, 0) is 16.2 Å². The van der Waals surface area contributed by atoms with Crippen LogP contribution in [0.4, 0.5) is 5.69 Å². The molecule has 11 nitrogen and oxygen atoms in total. The van der Waals surface area contributed by atoms with Crippen LogP contribution in [0.5, 0.6) is 11.5 Å². The lowest BCUT2D eigenvalue weighted by molar-refractivity contribution is -0.121. The molecule has 12 heteroatoms. The molecular formula is C29H29ClN6O5. The number of carbonyl (C=O) groups is 2. The van der Waals surface area contributed by atoms with Gasteiger partial charge in [-0.25, -0.2) is 5.48 Å². The van der Waals surface area contributed by atoms with Crippen molar-refractivity contribution >= 4 is 46.5 Å². The molecule has 1 atom stereocenters. The molecule has 1 heterocycles. The summed E-state index contributed by atoms with van der Waals surface area (Å²) in [6, 6.07) is 15.8. The topological polar surface area (TPSA) is 160 Å². The number of hydrogen-bond donors (Lipinski definition) is 5. The standard InChI is InChI=1S/C29H29ClN6O5/c1-16(31)36-24-11-9-20(40-2)13-22(24)27(18-5-7-19(30)8-6-18)34-23(28(36)32)14-26(38)33-15-17-4-10-21(25(37)12-17)29(39)35-41-3/h4-13,23,31-32,37H,14-15H2,1-3H3,(H,33,38)(H,35,39). The fourth-order valence-electron chi connectivity index (χ4n) is 4.41. The second-order valence-corrected chi connectivity index (χ2v) is 9.59. The van der Waals surface area contributed by atoms with Crippen LogP contribution in [0.2, 0.25) is 5.02 Å². The maximum Gasteiger partial charge on any atom is 0.278 e. The van der Waals surface area contributed by atoms with Crippen LogP contribution in [0.15, 0.2) is 65.7 Å². The normalized spacial score (nSPS) is 14.4. The fraction of sp³-hybridized carbons (Fsp3) is 0.207. The summed E-state index contributed by atoms with van der Waals surface area (Å²) in [5.41, 5.74) is 5.17. The Morgan fingerprint density at radius 1 is 1.10 bits per heavy atom. The second kappa shape index (κ2) is 12.6. The van der Waals surface area contributed by atoms with Crippen LogP contribution in [0.1, 0.15) is 40.4 Å². The number of nitrogens with zero attached hydrogens (tertiary/aromatic N) is 2. The van der Waals surface area contributed by atoms with Crippen LogP contribution >= 0.6 is 11.6 Å². The number of benzodiazepines with no additional fused rings is 1. The third-order valence-corrected chi connectivity index (χ3v) is 6.62. The summed E-state index contributed by atoms with van der Waals surface area (Å²) < 4.78 is 5.44. The number of rotatable bonds is 8. The summed E-state index contributed by atoms with van der Waals surface area (Å²) in [7, 11) is 2.83. The van der Waals surface area contributed by atoms with Gasteiger partial charge in [0.25, 0.3) is 5.91 Å². The molecule has 212 valence electrons. The van der Waals surface area contributed by atoms with Crippen molar-refractivity contribution < 1.29 is 24.3 Å². The van der Waals surface area contributed by atoms with Gasteiger partial charge in [-0.05, 0) is 55.0 Å². The maximum absolute atomic E-state index is 13.1. The third kappa shape index (κ3) is 6.53. The van der Waals surface area contributed by atoms with Crippen molar-refractivity contribution in [1.82, 2.24) is 10.8 Å². The highest BCUT2D eigenvalue weighted by molar-refractivity contribution is 6.31. The predicted octanol–water partition coefficient (Wildman–Crippen LogP) is 4.05. The van der Waals surface area contributed by atoms with E-state index in [2.05, 4.69) is 15.6 Å². The van der Waals surface area contributed by atoms with Crippen molar-refractivity contribution in [2.45, 2.75) is 25.9 Å². The number of aliphatic imine (C=N–C) groups is 1. The number of hydrogen-bond acceptors (Lipinski definition) is 8. The number of benzene rings is 3. The second-order valence-electron chi connectivity index (χ2n) is 9.16. The molecule has 1 unspecified atom stereocenters. The van der Waals surface area contributed by atoms with E-state index in [0.717, 1.165) is 5.56 Å². The first-order chi connectivity index (χ1) is 19.6. The number of ether oxygens (including phenoxy) is 1. The number of anilines is 1. The van der Waals surface area contributed by atoms with Crippen molar-refractivity contribution in [2.24, 2.45) is 4.99 Å². The minimum Gasteiger partial charge on any atom is -0.507 e. The number of nitrogens with one attached hydrogen (secondary N) is 4. The number of hydroxylamine groups is 1. The van der Waals surface area contributed by atoms with Crippen molar-refractivity contribution in [3.05, 3.63) is 87.9 Å². The molecule has 0 aromatic heterocycles. The van der Waals surface area contributed by atoms with E-state index in [1.807, 2.05) is 0 Å². The largest absolute Gasteiger partial charge is 0.507 e. The van der Waals surface area contributed by atoms with Gasteiger partial charge in [-0.2, -0.15) is 0 Å². The summed E-state index contributed by atoms with van der Waals surface area (Å²) in [4.78, 5) is 35.9. The predicted molar refractivity (Wildman–Crippen MR) is 157 cm³/mol. The van der Waals surface area contributed by atoms with Gasteiger partial charge in [-0.15, -0.1) is 0 Å². The monoisotopic (exact) mass is 576 g/mol. The molecule has 3 aromatic rings. The molecule has 0 spiro atoms. The highest BCUT2D eigenvalue weighted by atomic mass is 35.5. The molecule has 41 heavy (non-hydrogen) atoms. The molecular weight excluding hydrogens is 548 g/mol. The molecule has 0 fully saturated rings. The quantitative estimate of drug-likeness (QED) is 0.154. The Bertz CT molecular complexity index is 1540. The van der Waals surface area contributed by atoms with E-state index in [-0.39, 0.29) is 35.9 Å².